The Bertz CT molecular complexity index is 1130. The third kappa shape index (κ3) is 3.66. The first-order valence-electron chi connectivity index (χ1n) is 9.52. The number of amides is 2. The van der Waals surface area contributed by atoms with Gasteiger partial charge in [-0.25, -0.2) is 0 Å². The van der Waals surface area contributed by atoms with E-state index in [4.69, 9.17) is 21.1 Å². The number of carbonyl (C=O) groups is 2. The highest BCUT2D eigenvalue weighted by Crippen LogP contribution is 2.37. The molecule has 1 saturated heterocycles. The fraction of sp³-hybridized carbons (Fsp3) is 0.217. The first kappa shape index (κ1) is 20.0. The van der Waals surface area contributed by atoms with Crippen molar-refractivity contribution in [1.82, 2.24) is 0 Å². The van der Waals surface area contributed by atoms with Gasteiger partial charge >= 0.3 is 0 Å². The molecule has 7 heteroatoms. The minimum absolute atomic E-state index is 0.0776. The predicted molar refractivity (Wildman–Crippen MR) is 118 cm³/mol. The largest absolute Gasteiger partial charge is 0.495 e. The molecule has 0 spiro atoms. The minimum atomic E-state index is -0.484. The van der Waals surface area contributed by atoms with Crippen molar-refractivity contribution in [2.24, 2.45) is 5.92 Å². The maximum absolute atomic E-state index is 12.9. The molecule has 1 aliphatic heterocycles. The molecule has 2 amide bonds. The van der Waals surface area contributed by atoms with Crippen LogP contribution in [0.5, 0.6) is 11.5 Å². The monoisotopic (exact) mass is 424 g/mol. The SMILES string of the molecule is COc1cc(OC)c(NC(=O)C2CC(=O)N(c3cccc4ccccc34)C2)cc1Cl. The Labute approximate surface area is 179 Å². The number of anilines is 2. The quantitative estimate of drug-likeness (QED) is 0.654. The van der Waals surface area contributed by atoms with Gasteiger partial charge in [-0.05, 0) is 17.5 Å². The number of nitrogens with zero attached hydrogens (tertiary/aromatic N) is 1. The standard InChI is InChI=1S/C23H21ClN2O4/c1-29-20-12-21(30-2)18(11-17(20)24)25-23(28)15-10-22(27)26(13-15)19-9-5-7-14-6-3-4-8-16(14)19/h3-9,11-12,15H,10,13H2,1-2H3,(H,25,28). The summed E-state index contributed by atoms with van der Waals surface area (Å²) in [6.07, 6.45) is 0.140. The van der Waals surface area contributed by atoms with Gasteiger partial charge in [0.25, 0.3) is 0 Å². The number of ether oxygens (including phenoxy) is 2. The van der Waals surface area contributed by atoms with Gasteiger partial charge in [0, 0.05) is 24.4 Å². The summed E-state index contributed by atoms with van der Waals surface area (Å²) in [5.74, 6) is 0.0587. The lowest BCUT2D eigenvalue weighted by atomic mass is 10.1. The average molecular weight is 425 g/mol. The van der Waals surface area contributed by atoms with E-state index in [9.17, 15) is 9.59 Å². The van der Waals surface area contributed by atoms with E-state index < -0.39 is 5.92 Å². The van der Waals surface area contributed by atoms with Crippen LogP contribution in [0, 0.1) is 5.92 Å². The normalized spacial score (nSPS) is 16.0. The molecular weight excluding hydrogens is 404 g/mol. The molecule has 30 heavy (non-hydrogen) atoms. The lowest BCUT2D eigenvalue weighted by molar-refractivity contribution is -0.122. The third-order valence-corrected chi connectivity index (χ3v) is 5.58. The Morgan fingerprint density at radius 2 is 1.80 bits per heavy atom. The summed E-state index contributed by atoms with van der Waals surface area (Å²) in [6.45, 7) is 0.310. The van der Waals surface area contributed by atoms with Gasteiger partial charge in [0.05, 0.1) is 36.5 Å². The van der Waals surface area contributed by atoms with Crippen molar-refractivity contribution in [2.45, 2.75) is 6.42 Å². The molecule has 3 aromatic rings. The highest BCUT2D eigenvalue weighted by atomic mass is 35.5. The van der Waals surface area contributed by atoms with E-state index in [1.807, 2.05) is 42.5 Å². The van der Waals surface area contributed by atoms with Gasteiger partial charge in [0.2, 0.25) is 11.8 Å². The second-order valence-electron chi connectivity index (χ2n) is 7.08. The molecule has 3 aromatic carbocycles. The highest BCUT2D eigenvalue weighted by Gasteiger charge is 2.36. The topological polar surface area (TPSA) is 67.9 Å². The molecule has 0 bridgehead atoms. The van der Waals surface area contributed by atoms with Crippen LogP contribution in [-0.4, -0.2) is 32.6 Å². The van der Waals surface area contributed by atoms with Crippen molar-refractivity contribution in [3.05, 3.63) is 59.6 Å². The number of fused-ring (bicyclic) bond motifs is 1. The minimum Gasteiger partial charge on any atom is -0.495 e. The second kappa shape index (κ2) is 8.24. The van der Waals surface area contributed by atoms with Crippen LogP contribution in [0.3, 0.4) is 0 Å². The molecule has 0 saturated carbocycles. The summed E-state index contributed by atoms with van der Waals surface area (Å²) < 4.78 is 10.5. The molecule has 1 unspecified atom stereocenters. The van der Waals surface area contributed by atoms with Gasteiger partial charge in [-0.15, -0.1) is 0 Å². The lowest BCUT2D eigenvalue weighted by Gasteiger charge is -2.19. The predicted octanol–water partition coefficient (Wildman–Crippen LogP) is 4.50. The van der Waals surface area contributed by atoms with Crippen LogP contribution in [0.2, 0.25) is 5.02 Å². The Morgan fingerprint density at radius 1 is 1.07 bits per heavy atom. The Morgan fingerprint density at radius 3 is 2.57 bits per heavy atom. The van der Waals surface area contributed by atoms with E-state index in [1.165, 1.54) is 14.2 Å². The number of carbonyl (C=O) groups excluding carboxylic acids is 2. The maximum Gasteiger partial charge on any atom is 0.229 e. The van der Waals surface area contributed by atoms with Crippen molar-refractivity contribution in [1.29, 1.82) is 0 Å². The molecule has 0 radical (unpaired) electrons. The van der Waals surface area contributed by atoms with E-state index in [0.29, 0.717) is 28.8 Å². The summed E-state index contributed by atoms with van der Waals surface area (Å²) in [6, 6.07) is 16.9. The summed E-state index contributed by atoms with van der Waals surface area (Å²) >= 11 is 6.19. The molecule has 6 nitrogen and oxygen atoms in total. The Kier molecular flexibility index (Phi) is 5.50. The van der Waals surface area contributed by atoms with Gasteiger partial charge in [-0.3, -0.25) is 9.59 Å². The summed E-state index contributed by atoms with van der Waals surface area (Å²) in [5.41, 5.74) is 1.25. The molecule has 0 aromatic heterocycles. The molecule has 1 aliphatic rings. The number of methoxy groups -OCH3 is 2. The zero-order valence-corrected chi connectivity index (χ0v) is 17.4. The molecule has 4 rings (SSSR count). The zero-order valence-electron chi connectivity index (χ0n) is 16.6. The van der Waals surface area contributed by atoms with Crippen molar-refractivity contribution < 1.29 is 19.1 Å². The molecule has 1 atom stereocenters. The molecule has 0 aliphatic carbocycles. The van der Waals surface area contributed by atoms with Gasteiger partial charge < -0.3 is 19.7 Å². The van der Waals surface area contributed by atoms with Crippen molar-refractivity contribution in [2.75, 3.05) is 31.0 Å². The van der Waals surface area contributed by atoms with E-state index in [1.54, 1.807) is 17.0 Å². The van der Waals surface area contributed by atoms with E-state index in [-0.39, 0.29) is 18.2 Å². The van der Waals surface area contributed by atoms with Crippen molar-refractivity contribution >= 4 is 45.6 Å². The molecule has 1 heterocycles. The van der Waals surface area contributed by atoms with Crippen LogP contribution in [0.25, 0.3) is 10.8 Å². The smallest absolute Gasteiger partial charge is 0.229 e. The van der Waals surface area contributed by atoms with Crippen molar-refractivity contribution in [3.8, 4) is 11.5 Å². The maximum atomic E-state index is 12.9. The summed E-state index contributed by atoms with van der Waals surface area (Å²) in [7, 11) is 3.00. The fourth-order valence-corrected chi connectivity index (χ4v) is 3.99. The van der Waals surface area contributed by atoms with Crippen molar-refractivity contribution in [3.63, 3.8) is 0 Å². The number of halogens is 1. The van der Waals surface area contributed by atoms with Gasteiger partial charge in [-0.2, -0.15) is 0 Å². The molecule has 154 valence electrons. The molecular formula is C23H21ClN2O4. The first-order valence-corrected chi connectivity index (χ1v) is 9.90. The molecule has 1 fully saturated rings. The van der Waals surface area contributed by atoms with Crippen LogP contribution >= 0.6 is 11.6 Å². The first-order chi connectivity index (χ1) is 14.5. The number of benzene rings is 3. The number of rotatable bonds is 5. The van der Waals surface area contributed by atoms with Crippen LogP contribution in [0.1, 0.15) is 6.42 Å². The second-order valence-corrected chi connectivity index (χ2v) is 7.49. The van der Waals surface area contributed by atoms with Crippen LogP contribution in [0.4, 0.5) is 11.4 Å². The average Bonchev–Trinajstić information content (AvgIpc) is 3.15. The molecule has 1 N–H and O–H groups in total. The summed E-state index contributed by atoms with van der Waals surface area (Å²) in [4.78, 5) is 27.3. The van der Waals surface area contributed by atoms with Crippen LogP contribution < -0.4 is 19.7 Å². The number of nitrogens with one attached hydrogen (secondary N) is 1. The van der Waals surface area contributed by atoms with Crippen LogP contribution in [-0.2, 0) is 9.59 Å². The number of hydrogen-bond donors (Lipinski definition) is 1. The fourth-order valence-electron chi connectivity index (χ4n) is 3.75. The Balaban J connectivity index is 1.56. The Hall–Kier alpha value is -3.25. The third-order valence-electron chi connectivity index (χ3n) is 5.29. The van der Waals surface area contributed by atoms with E-state index >= 15 is 0 Å². The zero-order chi connectivity index (χ0) is 21.3. The highest BCUT2D eigenvalue weighted by molar-refractivity contribution is 6.32. The number of hydrogen-bond acceptors (Lipinski definition) is 4. The van der Waals surface area contributed by atoms with E-state index in [2.05, 4.69) is 5.32 Å². The lowest BCUT2D eigenvalue weighted by Crippen LogP contribution is -2.28. The van der Waals surface area contributed by atoms with Gasteiger partial charge in [-0.1, -0.05) is 48.0 Å². The summed E-state index contributed by atoms with van der Waals surface area (Å²) in [5, 5.41) is 5.23. The van der Waals surface area contributed by atoms with Gasteiger partial charge in [0.15, 0.2) is 0 Å². The van der Waals surface area contributed by atoms with Gasteiger partial charge in [0.1, 0.15) is 11.5 Å². The van der Waals surface area contributed by atoms with E-state index in [0.717, 1.165) is 16.5 Å². The van der Waals surface area contributed by atoms with Crippen LogP contribution in [0.15, 0.2) is 54.6 Å².